The lowest BCUT2D eigenvalue weighted by Gasteiger charge is -2.42. The summed E-state index contributed by atoms with van der Waals surface area (Å²) in [5.74, 6) is 1.50. The molecule has 3 heterocycles. The molecule has 1 amide bonds. The molecule has 2 aliphatic rings. The highest BCUT2D eigenvalue weighted by Crippen LogP contribution is 2.43. The monoisotopic (exact) mass is 310 g/mol. The molecule has 2 saturated heterocycles. The van der Waals surface area contributed by atoms with Crippen molar-refractivity contribution in [3.63, 3.8) is 0 Å². The Morgan fingerprint density at radius 3 is 2.61 bits per heavy atom. The number of furan rings is 1. The molecule has 0 aliphatic carbocycles. The van der Waals surface area contributed by atoms with E-state index < -0.39 is 0 Å². The van der Waals surface area contributed by atoms with Crippen molar-refractivity contribution in [1.82, 2.24) is 10.2 Å². The highest BCUT2D eigenvalue weighted by Gasteiger charge is 2.48. The highest BCUT2D eigenvalue weighted by molar-refractivity contribution is 5.81. The number of nitrogens with one attached hydrogen (secondary N) is 1. The number of carbonyl (C=O) groups excluding carboxylic acids is 1. The van der Waals surface area contributed by atoms with Gasteiger partial charge in [-0.2, -0.15) is 0 Å². The zero-order valence-corrected chi connectivity index (χ0v) is 13.2. The Balaban J connectivity index is 1.49. The van der Waals surface area contributed by atoms with E-state index in [2.05, 4.69) is 34.5 Å². The lowest BCUT2D eigenvalue weighted by Crippen LogP contribution is -2.53. The van der Waals surface area contributed by atoms with Crippen LogP contribution in [0.2, 0.25) is 0 Å². The fourth-order valence-corrected chi connectivity index (χ4v) is 4.13. The SMILES string of the molecule is O=C1CC(c2ccccc2)C2(CCN(Cc3ccco3)CC2)N1. The average Bonchev–Trinajstić information content (AvgIpc) is 3.19. The van der Waals surface area contributed by atoms with Gasteiger partial charge in [0.15, 0.2) is 0 Å². The fraction of sp³-hybridized carbons (Fsp3) is 0.421. The van der Waals surface area contributed by atoms with Crippen LogP contribution < -0.4 is 5.32 Å². The number of hydrogen-bond donors (Lipinski definition) is 1. The summed E-state index contributed by atoms with van der Waals surface area (Å²) in [6, 6.07) is 14.4. The van der Waals surface area contributed by atoms with Gasteiger partial charge >= 0.3 is 0 Å². The van der Waals surface area contributed by atoms with E-state index in [0.717, 1.165) is 38.2 Å². The summed E-state index contributed by atoms with van der Waals surface area (Å²) < 4.78 is 5.45. The molecule has 2 aromatic rings. The van der Waals surface area contributed by atoms with Gasteiger partial charge in [0.25, 0.3) is 0 Å². The quantitative estimate of drug-likeness (QED) is 0.948. The van der Waals surface area contributed by atoms with Gasteiger partial charge in [-0.15, -0.1) is 0 Å². The zero-order valence-electron chi connectivity index (χ0n) is 13.2. The first-order chi connectivity index (χ1) is 11.3. The Morgan fingerprint density at radius 2 is 1.91 bits per heavy atom. The van der Waals surface area contributed by atoms with Gasteiger partial charge in [0.1, 0.15) is 5.76 Å². The summed E-state index contributed by atoms with van der Waals surface area (Å²) in [5.41, 5.74) is 1.21. The first kappa shape index (κ1) is 14.5. The molecule has 1 aromatic carbocycles. The molecule has 120 valence electrons. The van der Waals surface area contributed by atoms with Gasteiger partial charge < -0.3 is 9.73 Å². The molecule has 4 heteroatoms. The van der Waals surface area contributed by atoms with Gasteiger partial charge in [-0.05, 0) is 30.5 Å². The van der Waals surface area contributed by atoms with E-state index in [1.54, 1.807) is 6.26 Å². The molecule has 1 atom stereocenters. The van der Waals surface area contributed by atoms with E-state index in [1.165, 1.54) is 5.56 Å². The Labute approximate surface area is 136 Å². The van der Waals surface area contributed by atoms with Crippen molar-refractivity contribution < 1.29 is 9.21 Å². The highest BCUT2D eigenvalue weighted by atomic mass is 16.3. The minimum Gasteiger partial charge on any atom is -0.468 e. The van der Waals surface area contributed by atoms with E-state index >= 15 is 0 Å². The maximum Gasteiger partial charge on any atom is 0.221 e. The van der Waals surface area contributed by atoms with Gasteiger partial charge in [0.2, 0.25) is 5.91 Å². The molecule has 0 saturated carbocycles. The number of nitrogens with zero attached hydrogens (tertiary/aromatic N) is 1. The first-order valence-electron chi connectivity index (χ1n) is 8.36. The van der Waals surface area contributed by atoms with Crippen LogP contribution >= 0.6 is 0 Å². The number of likely N-dealkylation sites (tertiary alicyclic amines) is 1. The summed E-state index contributed by atoms with van der Waals surface area (Å²) in [7, 11) is 0. The molecule has 23 heavy (non-hydrogen) atoms. The standard InChI is InChI=1S/C19H22N2O2/c22-18-13-17(15-5-2-1-3-6-15)19(20-18)8-10-21(11-9-19)14-16-7-4-12-23-16/h1-7,12,17H,8-11,13-14H2,(H,20,22). The average molecular weight is 310 g/mol. The van der Waals surface area contributed by atoms with Crippen LogP contribution in [-0.4, -0.2) is 29.4 Å². The van der Waals surface area contributed by atoms with E-state index in [1.807, 2.05) is 18.2 Å². The number of piperidine rings is 1. The van der Waals surface area contributed by atoms with Crippen molar-refractivity contribution in [1.29, 1.82) is 0 Å². The fourth-order valence-electron chi connectivity index (χ4n) is 4.13. The number of rotatable bonds is 3. The molecule has 1 aromatic heterocycles. The predicted molar refractivity (Wildman–Crippen MR) is 87.9 cm³/mol. The summed E-state index contributed by atoms with van der Waals surface area (Å²) in [4.78, 5) is 14.5. The van der Waals surface area contributed by atoms with Crippen LogP contribution in [0.4, 0.5) is 0 Å². The maximum atomic E-state index is 12.1. The lowest BCUT2D eigenvalue weighted by atomic mass is 9.74. The van der Waals surface area contributed by atoms with E-state index in [4.69, 9.17) is 4.42 Å². The zero-order chi connectivity index (χ0) is 15.7. The smallest absolute Gasteiger partial charge is 0.221 e. The van der Waals surface area contributed by atoms with Crippen LogP contribution in [0.1, 0.15) is 36.5 Å². The lowest BCUT2D eigenvalue weighted by molar-refractivity contribution is -0.120. The summed E-state index contributed by atoms with van der Waals surface area (Å²) in [6.45, 7) is 2.83. The van der Waals surface area contributed by atoms with Crippen LogP contribution in [0, 0.1) is 0 Å². The van der Waals surface area contributed by atoms with E-state index in [-0.39, 0.29) is 11.4 Å². The van der Waals surface area contributed by atoms with Gasteiger partial charge in [-0.1, -0.05) is 30.3 Å². The summed E-state index contributed by atoms with van der Waals surface area (Å²) in [6.07, 6.45) is 4.34. The second-order valence-electron chi connectivity index (χ2n) is 6.73. The second kappa shape index (κ2) is 5.85. The van der Waals surface area contributed by atoms with Crippen molar-refractivity contribution >= 4 is 5.91 Å². The first-order valence-corrected chi connectivity index (χ1v) is 8.36. The molecular formula is C19H22N2O2. The van der Waals surface area contributed by atoms with Gasteiger partial charge in [-0.25, -0.2) is 0 Å². The normalized spacial score (nSPS) is 24.0. The van der Waals surface area contributed by atoms with Crippen LogP contribution in [0.3, 0.4) is 0 Å². The van der Waals surface area contributed by atoms with E-state index in [0.29, 0.717) is 12.3 Å². The second-order valence-corrected chi connectivity index (χ2v) is 6.73. The molecular weight excluding hydrogens is 288 g/mol. The molecule has 0 radical (unpaired) electrons. The van der Waals surface area contributed by atoms with Crippen LogP contribution in [0.5, 0.6) is 0 Å². The number of hydrogen-bond acceptors (Lipinski definition) is 3. The molecule has 2 aliphatic heterocycles. The summed E-state index contributed by atoms with van der Waals surface area (Å²) in [5, 5.41) is 3.31. The number of amides is 1. The van der Waals surface area contributed by atoms with E-state index in [9.17, 15) is 4.79 Å². The van der Waals surface area contributed by atoms with Gasteiger partial charge in [0.05, 0.1) is 12.8 Å². The third-order valence-electron chi connectivity index (χ3n) is 5.35. The molecule has 1 unspecified atom stereocenters. The Kier molecular flexibility index (Phi) is 3.69. The minimum absolute atomic E-state index is 0.0713. The van der Waals surface area contributed by atoms with Gasteiger partial charge in [-0.3, -0.25) is 9.69 Å². The Morgan fingerprint density at radius 1 is 1.13 bits per heavy atom. The largest absolute Gasteiger partial charge is 0.468 e. The number of carbonyl (C=O) groups is 1. The third-order valence-corrected chi connectivity index (χ3v) is 5.35. The topological polar surface area (TPSA) is 45.5 Å². The molecule has 4 rings (SSSR count). The molecule has 1 N–H and O–H groups in total. The Bertz CT molecular complexity index is 658. The van der Waals surface area contributed by atoms with Crippen LogP contribution in [-0.2, 0) is 11.3 Å². The van der Waals surface area contributed by atoms with Crippen molar-refractivity contribution in [3.8, 4) is 0 Å². The maximum absolute atomic E-state index is 12.1. The van der Waals surface area contributed by atoms with Crippen molar-refractivity contribution in [3.05, 3.63) is 60.1 Å². The predicted octanol–water partition coefficient (Wildman–Crippen LogP) is 2.92. The van der Waals surface area contributed by atoms with Crippen LogP contribution in [0.25, 0.3) is 0 Å². The molecule has 0 bridgehead atoms. The van der Waals surface area contributed by atoms with Crippen molar-refractivity contribution in [2.75, 3.05) is 13.1 Å². The van der Waals surface area contributed by atoms with Crippen molar-refractivity contribution in [2.24, 2.45) is 0 Å². The number of benzene rings is 1. The Hall–Kier alpha value is -2.07. The van der Waals surface area contributed by atoms with Gasteiger partial charge in [0, 0.05) is 31.0 Å². The third kappa shape index (κ3) is 2.79. The molecule has 1 spiro atoms. The summed E-state index contributed by atoms with van der Waals surface area (Å²) >= 11 is 0. The molecule has 2 fully saturated rings. The van der Waals surface area contributed by atoms with Crippen molar-refractivity contribution in [2.45, 2.75) is 37.3 Å². The van der Waals surface area contributed by atoms with Crippen LogP contribution in [0.15, 0.2) is 53.1 Å². The molecule has 4 nitrogen and oxygen atoms in total. The minimum atomic E-state index is -0.0713.